The number of primary amides is 1. The van der Waals surface area contributed by atoms with Crippen LogP contribution < -0.4 is 11.5 Å². The van der Waals surface area contributed by atoms with E-state index in [1.54, 1.807) is 42.1 Å². The number of rotatable bonds is 4. The molecule has 0 saturated carbocycles. The Hall–Kier alpha value is -2.76. The lowest BCUT2D eigenvalue weighted by Gasteiger charge is -2.08. The van der Waals surface area contributed by atoms with E-state index in [2.05, 4.69) is 0 Å². The predicted octanol–water partition coefficient (Wildman–Crippen LogP) is 1.06. The number of esters is 1. The van der Waals surface area contributed by atoms with Crippen molar-refractivity contribution in [3.63, 3.8) is 0 Å². The van der Waals surface area contributed by atoms with Gasteiger partial charge in [0.1, 0.15) is 12.3 Å². The van der Waals surface area contributed by atoms with E-state index < -0.39 is 11.9 Å². The Kier molecular flexibility index (Phi) is 3.74. The lowest BCUT2D eigenvalue weighted by molar-refractivity contribution is 0.0459. The zero-order chi connectivity index (χ0) is 14.7. The molecule has 6 nitrogen and oxygen atoms in total. The summed E-state index contributed by atoms with van der Waals surface area (Å²) in [7, 11) is 1.70. The summed E-state index contributed by atoms with van der Waals surface area (Å²) in [6.07, 6.45) is 1.62. The molecule has 2 rings (SSSR count). The van der Waals surface area contributed by atoms with Gasteiger partial charge < -0.3 is 20.8 Å². The summed E-state index contributed by atoms with van der Waals surface area (Å²) in [4.78, 5) is 23.2. The molecule has 0 bridgehead atoms. The quantitative estimate of drug-likeness (QED) is 0.813. The van der Waals surface area contributed by atoms with Gasteiger partial charge in [0.2, 0.25) is 5.91 Å². The molecule has 0 unspecified atom stereocenters. The lowest BCUT2D eigenvalue weighted by atomic mass is 10.1. The fourth-order valence-corrected chi connectivity index (χ4v) is 1.90. The maximum absolute atomic E-state index is 11.9. The molecule has 1 aromatic heterocycles. The molecule has 0 fully saturated rings. The molecule has 0 radical (unpaired) electrons. The van der Waals surface area contributed by atoms with Crippen molar-refractivity contribution < 1.29 is 14.3 Å². The smallest absolute Gasteiger partial charge is 0.355 e. The standard InChI is InChI=1S/C14H15N3O3/c1-17-7-10(15)6-12(17)14(19)20-8-9-4-2-3-5-11(9)13(16)18/h2-7H,8,15H2,1H3,(H2,16,18). The molecule has 20 heavy (non-hydrogen) atoms. The van der Waals surface area contributed by atoms with Crippen LogP contribution in [0.2, 0.25) is 0 Å². The first-order chi connectivity index (χ1) is 9.49. The average Bonchev–Trinajstić information content (AvgIpc) is 2.75. The second-order valence-electron chi connectivity index (χ2n) is 4.37. The van der Waals surface area contributed by atoms with Crippen LogP contribution in [0, 0.1) is 0 Å². The summed E-state index contributed by atoms with van der Waals surface area (Å²) in [6.45, 7) is -0.0248. The average molecular weight is 273 g/mol. The van der Waals surface area contributed by atoms with Crippen molar-refractivity contribution in [3.8, 4) is 0 Å². The number of hydrogen-bond donors (Lipinski definition) is 2. The Morgan fingerprint density at radius 1 is 1.30 bits per heavy atom. The predicted molar refractivity (Wildman–Crippen MR) is 73.9 cm³/mol. The first-order valence-electron chi connectivity index (χ1n) is 5.95. The molecule has 104 valence electrons. The number of carbonyl (C=O) groups is 2. The van der Waals surface area contributed by atoms with E-state index in [1.807, 2.05) is 0 Å². The molecule has 1 aromatic carbocycles. The van der Waals surface area contributed by atoms with E-state index in [0.717, 1.165) is 0 Å². The van der Waals surface area contributed by atoms with Crippen LogP contribution in [0.25, 0.3) is 0 Å². The van der Waals surface area contributed by atoms with Crippen LogP contribution >= 0.6 is 0 Å². The number of nitrogens with two attached hydrogens (primary N) is 2. The molecule has 0 aliphatic heterocycles. The number of anilines is 1. The second kappa shape index (κ2) is 5.48. The lowest BCUT2D eigenvalue weighted by Crippen LogP contribution is -2.15. The van der Waals surface area contributed by atoms with Gasteiger partial charge in [0.15, 0.2) is 0 Å². The van der Waals surface area contributed by atoms with Crippen LogP contribution in [0.1, 0.15) is 26.4 Å². The largest absolute Gasteiger partial charge is 0.456 e. The molecule has 1 heterocycles. The fraction of sp³-hybridized carbons (Fsp3) is 0.143. The highest BCUT2D eigenvalue weighted by atomic mass is 16.5. The van der Waals surface area contributed by atoms with Gasteiger partial charge in [0, 0.05) is 24.4 Å². The minimum atomic E-state index is -0.556. The van der Waals surface area contributed by atoms with Crippen LogP contribution in [0.5, 0.6) is 0 Å². The summed E-state index contributed by atoms with van der Waals surface area (Å²) >= 11 is 0. The van der Waals surface area contributed by atoms with Gasteiger partial charge in [-0.2, -0.15) is 0 Å². The van der Waals surface area contributed by atoms with Gasteiger partial charge in [0.05, 0.1) is 5.69 Å². The number of amides is 1. The Morgan fingerprint density at radius 3 is 2.60 bits per heavy atom. The number of nitrogen functional groups attached to an aromatic ring is 1. The maximum Gasteiger partial charge on any atom is 0.355 e. The van der Waals surface area contributed by atoms with Gasteiger partial charge in [-0.15, -0.1) is 0 Å². The van der Waals surface area contributed by atoms with Crippen molar-refractivity contribution in [2.24, 2.45) is 12.8 Å². The van der Waals surface area contributed by atoms with Gasteiger partial charge in [-0.3, -0.25) is 4.79 Å². The number of aryl methyl sites for hydroxylation is 1. The Morgan fingerprint density at radius 2 is 2.00 bits per heavy atom. The van der Waals surface area contributed by atoms with Crippen LogP contribution in [0.3, 0.4) is 0 Å². The van der Waals surface area contributed by atoms with E-state index >= 15 is 0 Å². The molecule has 6 heteroatoms. The zero-order valence-corrected chi connectivity index (χ0v) is 11.0. The van der Waals surface area contributed by atoms with Crippen LogP contribution in [-0.2, 0) is 18.4 Å². The number of nitrogens with zero attached hydrogens (tertiary/aromatic N) is 1. The number of ether oxygens (including phenoxy) is 1. The second-order valence-corrected chi connectivity index (χ2v) is 4.37. The highest BCUT2D eigenvalue weighted by molar-refractivity contribution is 5.94. The highest BCUT2D eigenvalue weighted by Gasteiger charge is 2.14. The summed E-state index contributed by atoms with van der Waals surface area (Å²) in [5.41, 5.74) is 12.6. The highest BCUT2D eigenvalue weighted by Crippen LogP contribution is 2.13. The van der Waals surface area contributed by atoms with Gasteiger partial charge in [-0.05, 0) is 12.1 Å². The molecular formula is C14H15N3O3. The van der Waals surface area contributed by atoms with E-state index in [4.69, 9.17) is 16.2 Å². The SMILES string of the molecule is Cn1cc(N)cc1C(=O)OCc1ccccc1C(N)=O. The van der Waals surface area contributed by atoms with E-state index in [0.29, 0.717) is 22.5 Å². The fourth-order valence-electron chi connectivity index (χ4n) is 1.90. The molecule has 0 aliphatic rings. The van der Waals surface area contributed by atoms with Gasteiger partial charge in [-0.25, -0.2) is 4.79 Å². The normalized spacial score (nSPS) is 10.2. The summed E-state index contributed by atoms with van der Waals surface area (Å²) in [5.74, 6) is -1.07. The van der Waals surface area contributed by atoms with Crippen molar-refractivity contribution >= 4 is 17.6 Å². The first-order valence-corrected chi connectivity index (χ1v) is 5.95. The summed E-state index contributed by atoms with van der Waals surface area (Å²) in [6, 6.07) is 8.25. The van der Waals surface area contributed by atoms with E-state index in [1.165, 1.54) is 6.07 Å². The van der Waals surface area contributed by atoms with Gasteiger partial charge in [-0.1, -0.05) is 18.2 Å². The topological polar surface area (TPSA) is 100 Å². The third kappa shape index (κ3) is 2.80. The van der Waals surface area contributed by atoms with Crippen molar-refractivity contribution in [2.45, 2.75) is 6.61 Å². The maximum atomic E-state index is 11.9. The van der Waals surface area contributed by atoms with E-state index in [9.17, 15) is 9.59 Å². The zero-order valence-electron chi connectivity index (χ0n) is 11.0. The van der Waals surface area contributed by atoms with Gasteiger partial charge >= 0.3 is 5.97 Å². The molecule has 0 aliphatic carbocycles. The number of carbonyl (C=O) groups excluding carboxylic acids is 2. The molecule has 0 atom stereocenters. The van der Waals surface area contributed by atoms with Crippen LogP contribution in [0.15, 0.2) is 36.5 Å². The minimum absolute atomic E-state index is 0.0248. The molecule has 1 amide bonds. The van der Waals surface area contributed by atoms with Crippen molar-refractivity contribution in [1.82, 2.24) is 4.57 Å². The Balaban J connectivity index is 2.11. The first kappa shape index (κ1) is 13.7. The molecule has 0 saturated heterocycles. The molecule has 4 N–H and O–H groups in total. The van der Waals surface area contributed by atoms with Crippen LogP contribution in [-0.4, -0.2) is 16.4 Å². The number of benzene rings is 1. The minimum Gasteiger partial charge on any atom is -0.456 e. The third-order valence-corrected chi connectivity index (χ3v) is 2.88. The molecular weight excluding hydrogens is 258 g/mol. The monoisotopic (exact) mass is 273 g/mol. The summed E-state index contributed by atoms with van der Waals surface area (Å²) in [5, 5.41) is 0. The molecule has 0 spiro atoms. The van der Waals surface area contributed by atoms with E-state index in [-0.39, 0.29) is 6.61 Å². The Bertz CT molecular complexity index is 661. The number of aromatic nitrogens is 1. The Labute approximate surface area is 115 Å². The van der Waals surface area contributed by atoms with Crippen molar-refractivity contribution in [1.29, 1.82) is 0 Å². The number of hydrogen-bond acceptors (Lipinski definition) is 4. The van der Waals surface area contributed by atoms with Crippen molar-refractivity contribution in [2.75, 3.05) is 5.73 Å². The molecule has 2 aromatic rings. The van der Waals surface area contributed by atoms with Crippen LogP contribution in [0.4, 0.5) is 5.69 Å². The third-order valence-electron chi connectivity index (χ3n) is 2.88. The summed E-state index contributed by atoms with van der Waals surface area (Å²) < 4.78 is 6.76. The van der Waals surface area contributed by atoms with Crippen molar-refractivity contribution in [3.05, 3.63) is 53.3 Å². The van der Waals surface area contributed by atoms with Gasteiger partial charge in [0.25, 0.3) is 0 Å².